The van der Waals surface area contributed by atoms with Crippen LogP contribution in [0.25, 0.3) is 11.4 Å². The Bertz CT molecular complexity index is 962. The molecule has 8 nitrogen and oxygen atoms in total. The summed E-state index contributed by atoms with van der Waals surface area (Å²) in [5.41, 5.74) is 2.94. The Morgan fingerprint density at radius 2 is 1.96 bits per heavy atom. The van der Waals surface area contributed by atoms with Crippen LogP contribution in [0, 0.1) is 0 Å². The number of carbonyl (C=O) groups is 1. The fourth-order valence-corrected chi connectivity index (χ4v) is 3.95. The molecule has 5 rings (SSSR count). The number of rotatable bonds is 2. The van der Waals surface area contributed by atoms with Gasteiger partial charge in [-0.15, -0.1) is 10.2 Å². The molecule has 2 N–H and O–H groups in total. The summed E-state index contributed by atoms with van der Waals surface area (Å²) in [5, 5.41) is 12.1. The van der Waals surface area contributed by atoms with E-state index in [0.29, 0.717) is 26.1 Å². The van der Waals surface area contributed by atoms with Gasteiger partial charge in [-0.25, -0.2) is 4.98 Å². The molecule has 1 atom stereocenters. The van der Waals surface area contributed by atoms with Crippen LogP contribution in [-0.2, 0) is 24.2 Å². The third-order valence-electron chi connectivity index (χ3n) is 5.37. The zero-order valence-corrected chi connectivity index (χ0v) is 14.9. The van der Waals surface area contributed by atoms with Gasteiger partial charge in [-0.1, -0.05) is 30.3 Å². The third-order valence-corrected chi connectivity index (χ3v) is 5.37. The second-order valence-electron chi connectivity index (χ2n) is 6.94. The first-order valence-corrected chi connectivity index (χ1v) is 9.33. The number of nitrogens with zero attached hydrogens (tertiary/aromatic N) is 5. The third kappa shape index (κ3) is 2.82. The Kier molecular flexibility index (Phi) is 3.97. The van der Waals surface area contributed by atoms with Crippen LogP contribution in [-0.4, -0.2) is 55.2 Å². The molecule has 2 aromatic heterocycles. The Hall–Kier alpha value is -3.00. The van der Waals surface area contributed by atoms with Gasteiger partial charge in [-0.2, -0.15) is 0 Å². The fraction of sp³-hybridized carbons (Fsp3) is 0.368. The number of hydrogen-bond donors (Lipinski definition) is 2. The van der Waals surface area contributed by atoms with E-state index >= 15 is 0 Å². The molecule has 0 bridgehead atoms. The minimum Gasteiger partial charge on any atom is -0.348 e. The van der Waals surface area contributed by atoms with Gasteiger partial charge in [0.2, 0.25) is 5.91 Å². The lowest BCUT2D eigenvalue weighted by Gasteiger charge is -2.28. The number of benzene rings is 1. The predicted molar refractivity (Wildman–Crippen MR) is 98.8 cm³/mol. The summed E-state index contributed by atoms with van der Waals surface area (Å²) in [5.74, 6) is 1.88. The van der Waals surface area contributed by atoms with E-state index in [9.17, 15) is 4.79 Å². The van der Waals surface area contributed by atoms with Crippen molar-refractivity contribution in [2.24, 2.45) is 0 Å². The maximum Gasteiger partial charge on any atom is 0.246 e. The maximum atomic E-state index is 13.2. The number of H-pyrrole nitrogens is 1. The topological polar surface area (TPSA) is 91.7 Å². The summed E-state index contributed by atoms with van der Waals surface area (Å²) in [6.07, 6.45) is 3.25. The number of aromatic nitrogens is 5. The molecule has 0 fully saturated rings. The summed E-state index contributed by atoms with van der Waals surface area (Å²) in [4.78, 5) is 22.6. The van der Waals surface area contributed by atoms with Crippen molar-refractivity contribution >= 4 is 5.91 Å². The minimum atomic E-state index is -0.364. The lowest BCUT2D eigenvalue weighted by atomic mass is 10.0. The molecule has 138 valence electrons. The number of amides is 1. The van der Waals surface area contributed by atoms with Crippen LogP contribution in [0.4, 0.5) is 0 Å². The maximum absolute atomic E-state index is 13.2. The predicted octanol–water partition coefficient (Wildman–Crippen LogP) is 0.940. The normalized spacial score (nSPS) is 19.3. The SMILES string of the molecule is O=C(C1NCCc2[nH]cnc21)N1CCc2nnc(-c3ccccc3)n2CC1. The molecule has 2 aliphatic rings. The quantitative estimate of drug-likeness (QED) is 0.707. The highest BCUT2D eigenvalue weighted by atomic mass is 16.2. The van der Waals surface area contributed by atoms with Crippen molar-refractivity contribution in [3.63, 3.8) is 0 Å². The van der Waals surface area contributed by atoms with Gasteiger partial charge in [0.05, 0.1) is 12.0 Å². The molecule has 1 unspecified atom stereocenters. The molecule has 0 radical (unpaired) electrons. The highest BCUT2D eigenvalue weighted by Crippen LogP contribution is 2.24. The van der Waals surface area contributed by atoms with Gasteiger partial charge in [0.1, 0.15) is 11.9 Å². The Balaban J connectivity index is 1.37. The zero-order chi connectivity index (χ0) is 18.2. The standard InChI is InChI=1S/C19H21N7O/c27-19(17-16-14(6-8-20-17)21-12-22-16)25-9-7-15-23-24-18(26(15)11-10-25)13-4-2-1-3-5-13/h1-5,12,17,20H,6-11H2,(H,21,22). The van der Waals surface area contributed by atoms with Gasteiger partial charge in [0.25, 0.3) is 0 Å². The number of fused-ring (bicyclic) bond motifs is 2. The van der Waals surface area contributed by atoms with Crippen LogP contribution in [0.15, 0.2) is 36.7 Å². The minimum absolute atomic E-state index is 0.0861. The van der Waals surface area contributed by atoms with Gasteiger partial charge in [-0.05, 0) is 0 Å². The molecular formula is C19H21N7O. The van der Waals surface area contributed by atoms with E-state index in [1.807, 2.05) is 35.2 Å². The average molecular weight is 363 g/mol. The lowest BCUT2D eigenvalue weighted by molar-refractivity contribution is -0.133. The second-order valence-corrected chi connectivity index (χ2v) is 6.94. The van der Waals surface area contributed by atoms with Crippen molar-refractivity contribution < 1.29 is 4.79 Å². The van der Waals surface area contributed by atoms with E-state index in [-0.39, 0.29) is 11.9 Å². The number of hydrogen-bond acceptors (Lipinski definition) is 5. The molecule has 1 aromatic carbocycles. The molecule has 4 heterocycles. The van der Waals surface area contributed by atoms with Crippen molar-refractivity contribution in [2.45, 2.75) is 25.4 Å². The van der Waals surface area contributed by atoms with Crippen LogP contribution >= 0.6 is 0 Å². The highest BCUT2D eigenvalue weighted by molar-refractivity contribution is 5.83. The first-order chi connectivity index (χ1) is 13.3. The van der Waals surface area contributed by atoms with Gasteiger partial charge in [0.15, 0.2) is 5.82 Å². The van der Waals surface area contributed by atoms with Crippen molar-refractivity contribution in [1.82, 2.24) is 34.9 Å². The van der Waals surface area contributed by atoms with E-state index in [0.717, 1.165) is 41.6 Å². The molecule has 0 spiro atoms. The van der Waals surface area contributed by atoms with Crippen molar-refractivity contribution in [2.75, 3.05) is 19.6 Å². The smallest absolute Gasteiger partial charge is 0.246 e. The molecule has 0 saturated carbocycles. The molecule has 27 heavy (non-hydrogen) atoms. The van der Waals surface area contributed by atoms with Crippen LogP contribution in [0.1, 0.15) is 23.3 Å². The molecule has 1 amide bonds. The van der Waals surface area contributed by atoms with E-state index in [1.165, 1.54) is 0 Å². The lowest BCUT2D eigenvalue weighted by Crippen LogP contribution is -2.45. The van der Waals surface area contributed by atoms with E-state index in [2.05, 4.69) is 30.0 Å². The van der Waals surface area contributed by atoms with Crippen LogP contribution in [0.2, 0.25) is 0 Å². The van der Waals surface area contributed by atoms with Gasteiger partial charge in [0, 0.05) is 50.3 Å². The monoisotopic (exact) mass is 363 g/mol. The summed E-state index contributed by atoms with van der Waals surface area (Å²) < 4.78 is 2.14. The summed E-state index contributed by atoms with van der Waals surface area (Å²) in [6.45, 7) is 2.76. The summed E-state index contributed by atoms with van der Waals surface area (Å²) >= 11 is 0. The fourth-order valence-electron chi connectivity index (χ4n) is 3.95. The summed E-state index contributed by atoms with van der Waals surface area (Å²) in [6, 6.07) is 9.70. The van der Waals surface area contributed by atoms with Crippen LogP contribution in [0.3, 0.4) is 0 Å². The number of nitrogens with one attached hydrogen (secondary N) is 2. The van der Waals surface area contributed by atoms with Crippen molar-refractivity contribution in [3.8, 4) is 11.4 Å². The molecule has 8 heteroatoms. The second kappa shape index (κ2) is 6.62. The molecule has 2 aliphatic heterocycles. The Labute approximate surface area is 156 Å². The van der Waals surface area contributed by atoms with Crippen molar-refractivity contribution in [3.05, 3.63) is 53.9 Å². The molecular weight excluding hydrogens is 342 g/mol. The van der Waals surface area contributed by atoms with Gasteiger partial charge in [-0.3, -0.25) is 4.79 Å². The molecule has 0 saturated heterocycles. The van der Waals surface area contributed by atoms with Crippen molar-refractivity contribution in [1.29, 1.82) is 0 Å². The molecule has 0 aliphatic carbocycles. The number of aromatic amines is 1. The first-order valence-electron chi connectivity index (χ1n) is 9.33. The van der Waals surface area contributed by atoms with Crippen LogP contribution in [0.5, 0.6) is 0 Å². The first kappa shape index (κ1) is 16.2. The average Bonchev–Trinajstić information content (AvgIpc) is 3.30. The van der Waals surface area contributed by atoms with Gasteiger partial charge >= 0.3 is 0 Å². The van der Waals surface area contributed by atoms with Gasteiger partial charge < -0.3 is 19.8 Å². The van der Waals surface area contributed by atoms with Crippen LogP contribution < -0.4 is 5.32 Å². The zero-order valence-electron chi connectivity index (χ0n) is 14.9. The number of carbonyl (C=O) groups excluding carboxylic acids is 1. The molecule has 3 aromatic rings. The highest BCUT2D eigenvalue weighted by Gasteiger charge is 2.33. The van der Waals surface area contributed by atoms with E-state index in [4.69, 9.17) is 0 Å². The van der Waals surface area contributed by atoms with E-state index in [1.54, 1.807) is 6.33 Å². The Morgan fingerprint density at radius 1 is 1.07 bits per heavy atom. The Morgan fingerprint density at radius 3 is 2.85 bits per heavy atom. The number of imidazole rings is 1. The summed E-state index contributed by atoms with van der Waals surface area (Å²) in [7, 11) is 0. The van der Waals surface area contributed by atoms with E-state index < -0.39 is 0 Å². The largest absolute Gasteiger partial charge is 0.348 e.